The molecular weight excluding hydrogens is 438 g/mol. The lowest BCUT2D eigenvalue weighted by atomic mass is 10.1. The van der Waals surface area contributed by atoms with E-state index in [1.165, 1.54) is 0 Å². The molecule has 1 heterocycles. The topological polar surface area (TPSA) is 65.4 Å². The van der Waals surface area contributed by atoms with Gasteiger partial charge in [-0.3, -0.25) is 4.79 Å². The van der Waals surface area contributed by atoms with Gasteiger partial charge in [0, 0.05) is 10.6 Å². The van der Waals surface area contributed by atoms with E-state index in [0.717, 1.165) is 22.6 Å². The SMILES string of the molecule is COc1cc(C(=O)Nc2c(C)nn(-c3ccccc3)c2C)ccc1OCc1ccc(Cl)cc1. The monoisotopic (exact) mass is 461 g/mol. The van der Waals surface area contributed by atoms with Crippen LogP contribution in [0.2, 0.25) is 5.02 Å². The van der Waals surface area contributed by atoms with Gasteiger partial charge < -0.3 is 14.8 Å². The molecule has 4 rings (SSSR count). The summed E-state index contributed by atoms with van der Waals surface area (Å²) in [7, 11) is 1.55. The number of carbonyl (C=O) groups excluding carboxylic acids is 1. The van der Waals surface area contributed by atoms with Gasteiger partial charge in [-0.1, -0.05) is 41.9 Å². The molecule has 1 aromatic heterocycles. The third-order valence-electron chi connectivity index (χ3n) is 5.26. The molecule has 33 heavy (non-hydrogen) atoms. The number of para-hydroxylation sites is 1. The van der Waals surface area contributed by atoms with Gasteiger partial charge in [0.2, 0.25) is 0 Å². The van der Waals surface area contributed by atoms with Gasteiger partial charge in [-0.25, -0.2) is 4.68 Å². The molecule has 4 aromatic rings. The molecule has 0 bridgehead atoms. The fourth-order valence-corrected chi connectivity index (χ4v) is 3.63. The number of hydrogen-bond acceptors (Lipinski definition) is 4. The molecule has 0 saturated carbocycles. The fourth-order valence-electron chi connectivity index (χ4n) is 3.50. The number of ether oxygens (including phenoxy) is 2. The average molecular weight is 462 g/mol. The number of rotatable bonds is 7. The molecule has 6 nitrogen and oxygen atoms in total. The smallest absolute Gasteiger partial charge is 0.255 e. The summed E-state index contributed by atoms with van der Waals surface area (Å²) in [5.74, 6) is 0.773. The van der Waals surface area contributed by atoms with Gasteiger partial charge >= 0.3 is 0 Å². The van der Waals surface area contributed by atoms with E-state index < -0.39 is 0 Å². The van der Waals surface area contributed by atoms with Crippen molar-refractivity contribution in [3.05, 3.63) is 100 Å². The molecule has 0 saturated heterocycles. The Kier molecular flexibility index (Phi) is 6.66. The van der Waals surface area contributed by atoms with Gasteiger partial charge in [0.25, 0.3) is 5.91 Å². The molecule has 0 radical (unpaired) electrons. The van der Waals surface area contributed by atoms with E-state index in [4.69, 9.17) is 21.1 Å². The van der Waals surface area contributed by atoms with Crippen molar-refractivity contribution in [2.75, 3.05) is 12.4 Å². The summed E-state index contributed by atoms with van der Waals surface area (Å²) in [6.45, 7) is 4.16. The van der Waals surface area contributed by atoms with Crippen LogP contribution in [0, 0.1) is 13.8 Å². The zero-order valence-electron chi connectivity index (χ0n) is 18.6. The van der Waals surface area contributed by atoms with Crippen molar-refractivity contribution in [1.82, 2.24) is 9.78 Å². The molecule has 0 aliphatic heterocycles. The quantitative estimate of drug-likeness (QED) is 0.367. The number of aromatic nitrogens is 2. The van der Waals surface area contributed by atoms with E-state index in [1.54, 1.807) is 25.3 Å². The van der Waals surface area contributed by atoms with Gasteiger partial charge in [-0.2, -0.15) is 5.10 Å². The van der Waals surface area contributed by atoms with E-state index in [1.807, 2.05) is 73.1 Å². The average Bonchev–Trinajstić information content (AvgIpc) is 3.12. The van der Waals surface area contributed by atoms with Crippen molar-refractivity contribution in [3.8, 4) is 17.2 Å². The Hall–Kier alpha value is -3.77. The predicted octanol–water partition coefficient (Wildman–Crippen LogP) is 5.98. The highest BCUT2D eigenvalue weighted by atomic mass is 35.5. The first-order chi connectivity index (χ1) is 16.0. The maximum Gasteiger partial charge on any atom is 0.255 e. The van der Waals surface area contributed by atoms with Crippen LogP contribution in [-0.4, -0.2) is 22.8 Å². The Balaban J connectivity index is 1.51. The summed E-state index contributed by atoms with van der Waals surface area (Å²) < 4.78 is 13.2. The summed E-state index contributed by atoms with van der Waals surface area (Å²) in [6.07, 6.45) is 0. The zero-order valence-corrected chi connectivity index (χ0v) is 19.4. The second-order valence-electron chi connectivity index (χ2n) is 7.53. The molecule has 168 valence electrons. The third kappa shape index (κ3) is 5.02. The summed E-state index contributed by atoms with van der Waals surface area (Å²) in [5, 5.41) is 8.24. The van der Waals surface area contributed by atoms with E-state index in [-0.39, 0.29) is 5.91 Å². The second-order valence-corrected chi connectivity index (χ2v) is 7.96. The number of halogens is 1. The molecular formula is C26H24ClN3O3. The van der Waals surface area contributed by atoms with Crippen molar-refractivity contribution in [1.29, 1.82) is 0 Å². The van der Waals surface area contributed by atoms with Crippen LogP contribution in [0.25, 0.3) is 5.69 Å². The van der Waals surface area contributed by atoms with Crippen molar-refractivity contribution >= 4 is 23.2 Å². The van der Waals surface area contributed by atoms with Crippen LogP contribution in [-0.2, 0) is 6.61 Å². The molecule has 1 N–H and O–H groups in total. The number of nitrogens with zero attached hydrogens (tertiary/aromatic N) is 2. The third-order valence-corrected chi connectivity index (χ3v) is 5.52. The number of benzene rings is 3. The number of carbonyl (C=O) groups is 1. The summed E-state index contributed by atoms with van der Waals surface area (Å²) >= 11 is 5.93. The lowest BCUT2D eigenvalue weighted by Gasteiger charge is -2.13. The normalized spacial score (nSPS) is 10.7. The highest BCUT2D eigenvalue weighted by Crippen LogP contribution is 2.30. The van der Waals surface area contributed by atoms with Crippen LogP contribution >= 0.6 is 11.6 Å². The first-order valence-electron chi connectivity index (χ1n) is 10.4. The first kappa shape index (κ1) is 22.4. The molecule has 0 unspecified atom stereocenters. The molecule has 7 heteroatoms. The molecule has 3 aromatic carbocycles. The largest absolute Gasteiger partial charge is 0.493 e. The minimum Gasteiger partial charge on any atom is -0.493 e. The van der Waals surface area contributed by atoms with Crippen LogP contribution in [0.15, 0.2) is 72.8 Å². The number of hydrogen-bond donors (Lipinski definition) is 1. The van der Waals surface area contributed by atoms with Crippen molar-refractivity contribution < 1.29 is 14.3 Å². The van der Waals surface area contributed by atoms with Crippen LogP contribution in [0.3, 0.4) is 0 Å². The minimum atomic E-state index is -0.253. The maximum atomic E-state index is 13.0. The minimum absolute atomic E-state index is 0.253. The number of aryl methyl sites for hydroxylation is 1. The van der Waals surface area contributed by atoms with E-state index in [9.17, 15) is 4.79 Å². The Morgan fingerprint density at radius 3 is 2.42 bits per heavy atom. The Bertz CT molecular complexity index is 1270. The fraction of sp³-hybridized carbons (Fsp3) is 0.154. The summed E-state index contributed by atoms with van der Waals surface area (Å²) in [5.41, 5.74) is 4.64. The van der Waals surface area contributed by atoms with Gasteiger partial charge in [0.05, 0.1) is 29.9 Å². The lowest BCUT2D eigenvalue weighted by Crippen LogP contribution is -2.13. The van der Waals surface area contributed by atoms with Gasteiger partial charge in [0.15, 0.2) is 11.5 Å². The number of methoxy groups -OCH3 is 1. The second kappa shape index (κ2) is 9.79. The maximum absolute atomic E-state index is 13.0. The number of anilines is 1. The zero-order chi connectivity index (χ0) is 23.4. The summed E-state index contributed by atoms with van der Waals surface area (Å²) in [6, 6.07) is 22.3. The number of amides is 1. The van der Waals surface area contributed by atoms with Gasteiger partial charge in [-0.05, 0) is 61.9 Å². The van der Waals surface area contributed by atoms with Crippen molar-refractivity contribution in [2.24, 2.45) is 0 Å². The Labute approximate surface area is 197 Å². The Morgan fingerprint density at radius 1 is 1.00 bits per heavy atom. The van der Waals surface area contributed by atoms with Crippen molar-refractivity contribution in [2.45, 2.75) is 20.5 Å². The van der Waals surface area contributed by atoms with E-state index >= 15 is 0 Å². The lowest BCUT2D eigenvalue weighted by molar-refractivity contribution is 0.102. The molecule has 1 amide bonds. The van der Waals surface area contributed by atoms with Crippen LogP contribution in [0.4, 0.5) is 5.69 Å². The molecule has 0 aliphatic rings. The van der Waals surface area contributed by atoms with Gasteiger partial charge in [0.1, 0.15) is 6.61 Å². The molecule has 0 atom stereocenters. The first-order valence-corrected chi connectivity index (χ1v) is 10.8. The van der Waals surface area contributed by atoms with Gasteiger partial charge in [-0.15, -0.1) is 0 Å². The molecule has 0 fully saturated rings. The van der Waals surface area contributed by atoms with Crippen LogP contribution in [0.1, 0.15) is 27.3 Å². The highest BCUT2D eigenvalue weighted by molar-refractivity contribution is 6.30. The van der Waals surface area contributed by atoms with E-state index in [0.29, 0.717) is 34.4 Å². The summed E-state index contributed by atoms with van der Waals surface area (Å²) in [4.78, 5) is 13.0. The predicted molar refractivity (Wildman–Crippen MR) is 130 cm³/mol. The standard InChI is InChI=1S/C26H24ClN3O3/c1-17-25(18(2)30(29-17)22-7-5-4-6-8-22)28-26(31)20-11-14-23(24(15-20)32-3)33-16-19-9-12-21(27)13-10-19/h4-15H,16H2,1-3H3,(H,28,31). The highest BCUT2D eigenvalue weighted by Gasteiger charge is 2.17. The van der Waals surface area contributed by atoms with Crippen molar-refractivity contribution in [3.63, 3.8) is 0 Å². The molecule has 0 aliphatic carbocycles. The van der Waals surface area contributed by atoms with E-state index in [2.05, 4.69) is 10.4 Å². The molecule has 0 spiro atoms. The van der Waals surface area contributed by atoms with Crippen LogP contribution < -0.4 is 14.8 Å². The number of nitrogens with one attached hydrogen (secondary N) is 1. The van der Waals surface area contributed by atoms with Crippen LogP contribution in [0.5, 0.6) is 11.5 Å². The Morgan fingerprint density at radius 2 is 1.73 bits per heavy atom.